The smallest absolute Gasteiger partial charge is 0.345 e. The number of anilines is 1. The topological polar surface area (TPSA) is 109 Å². The van der Waals surface area contributed by atoms with Gasteiger partial charge in [-0.15, -0.1) is 0 Å². The summed E-state index contributed by atoms with van der Waals surface area (Å²) in [6, 6.07) is 21.5. The van der Waals surface area contributed by atoms with Crippen LogP contribution in [0.3, 0.4) is 0 Å². The molecule has 1 aliphatic heterocycles. The molecule has 42 heavy (non-hydrogen) atoms. The van der Waals surface area contributed by atoms with Crippen molar-refractivity contribution < 1.29 is 31.5 Å². The van der Waals surface area contributed by atoms with Crippen molar-refractivity contribution in [3.8, 4) is 11.8 Å². The molecule has 0 aliphatic carbocycles. The number of hydrogen-bond donors (Lipinski definition) is 1. The largest absolute Gasteiger partial charge is 0.489 e. The molecule has 0 saturated carbocycles. The van der Waals surface area contributed by atoms with Gasteiger partial charge in [0.2, 0.25) is 0 Å². The van der Waals surface area contributed by atoms with Crippen LogP contribution in [0.2, 0.25) is 0 Å². The summed E-state index contributed by atoms with van der Waals surface area (Å²) in [5.41, 5.74) is 1.68. The van der Waals surface area contributed by atoms with Gasteiger partial charge >= 0.3 is 6.61 Å². The minimum Gasteiger partial charge on any atom is -0.489 e. The lowest BCUT2D eigenvalue weighted by atomic mass is 10.0. The Hall–Kier alpha value is -3.28. The van der Waals surface area contributed by atoms with Crippen LogP contribution in [0.4, 0.5) is 14.5 Å². The Morgan fingerprint density at radius 2 is 1.76 bits per heavy atom. The molecule has 1 unspecified atom stereocenters. The van der Waals surface area contributed by atoms with Crippen molar-refractivity contribution in [1.82, 2.24) is 5.32 Å². The second-order valence-electron chi connectivity index (χ2n) is 9.74. The standard InChI is InChI=1S/C30H30F2IN3O5S/c1-2-42(38,39)27-13-5-20(6-14-27)28(15-16-34)35-29(37)21-3-9-23(10-4-21)36-18-26(17-24(36)19-40-30(31)32)41-25-11-7-22(33)8-12-25/h3-14,24,26,28,30H,2,15,17-19H2,1H3,(H,35,37)/t24-,26-,28?/m0/s1. The molecule has 0 radical (unpaired) electrons. The van der Waals surface area contributed by atoms with Crippen LogP contribution in [0.1, 0.15) is 41.7 Å². The fourth-order valence-corrected chi connectivity index (χ4v) is 6.03. The van der Waals surface area contributed by atoms with Crippen molar-refractivity contribution >= 4 is 44.0 Å². The van der Waals surface area contributed by atoms with E-state index in [0.29, 0.717) is 29.8 Å². The predicted octanol–water partition coefficient (Wildman–Crippen LogP) is 5.74. The van der Waals surface area contributed by atoms with Gasteiger partial charge in [-0.3, -0.25) is 4.79 Å². The van der Waals surface area contributed by atoms with E-state index in [0.717, 1.165) is 9.26 Å². The van der Waals surface area contributed by atoms with Crippen molar-refractivity contribution in [1.29, 1.82) is 5.26 Å². The van der Waals surface area contributed by atoms with Crippen LogP contribution in [-0.4, -0.2) is 52.0 Å². The number of halogens is 3. The monoisotopic (exact) mass is 709 g/mol. The molecule has 12 heteroatoms. The lowest BCUT2D eigenvalue weighted by Crippen LogP contribution is -2.34. The molecule has 1 N–H and O–H groups in total. The highest BCUT2D eigenvalue weighted by molar-refractivity contribution is 14.1. The van der Waals surface area contributed by atoms with Crippen LogP contribution in [0.15, 0.2) is 77.7 Å². The maximum Gasteiger partial charge on any atom is 0.345 e. The highest BCUT2D eigenvalue weighted by Gasteiger charge is 2.34. The van der Waals surface area contributed by atoms with Crippen LogP contribution in [0.25, 0.3) is 0 Å². The summed E-state index contributed by atoms with van der Waals surface area (Å²) in [5, 5.41) is 12.2. The van der Waals surface area contributed by atoms with Crippen LogP contribution in [0, 0.1) is 14.9 Å². The summed E-state index contributed by atoms with van der Waals surface area (Å²) < 4.78 is 61.7. The number of carbonyl (C=O) groups excluding carboxylic acids is 1. The van der Waals surface area contributed by atoms with Crippen molar-refractivity contribution in [3.63, 3.8) is 0 Å². The SMILES string of the molecule is CCS(=O)(=O)c1ccc(C(CC#N)NC(=O)c2ccc(N3C[C@@H](Oc4ccc(I)cc4)C[C@H]3COC(F)F)cc2)cc1. The van der Waals surface area contributed by atoms with Gasteiger partial charge in [0, 0.05) is 21.2 Å². The molecule has 3 aromatic rings. The maximum absolute atomic E-state index is 13.1. The summed E-state index contributed by atoms with van der Waals surface area (Å²) in [6.45, 7) is -1.06. The first-order valence-electron chi connectivity index (χ1n) is 13.3. The third kappa shape index (κ3) is 8.17. The molecular weight excluding hydrogens is 679 g/mol. The van der Waals surface area contributed by atoms with Gasteiger partial charge in [0.25, 0.3) is 5.91 Å². The zero-order chi connectivity index (χ0) is 30.3. The first-order chi connectivity index (χ1) is 20.1. The predicted molar refractivity (Wildman–Crippen MR) is 162 cm³/mol. The molecule has 4 rings (SSSR count). The average molecular weight is 710 g/mol. The number of hydrogen-bond acceptors (Lipinski definition) is 7. The lowest BCUT2D eigenvalue weighted by Gasteiger charge is -2.26. The normalized spacial score (nSPS) is 17.6. The quantitative estimate of drug-likeness (QED) is 0.239. The maximum atomic E-state index is 13.1. The molecule has 1 fully saturated rings. The van der Waals surface area contributed by atoms with Crippen LogP contribution < -0.4 is 15.0 Å². The second kappa shape index (κ2) is 14.3. The van der Waals surface area contributed by atoms with Crippen molar-refractivity contribution in [2.45, 2.75) is 49.5 Å². The summed E-state index contributed by atoms with van der Waals surface area (Å²) in [6.07, 6.45) is 0.227. The van der Waals surface area contributed by atoms with Gasteiger partial charge in [-0.2, -0.15) is 14.0 Å². The molecule has 1 aliphatic rings. The Morgan fingerprint density at radius 3 is 2.36 bits per heavy atom. The van der Waals surface area contributed by atoms with E-state index in [-0.39, 0.29) is 35.8 Å². The molecule has 222 valence electrons. The van der Waals surface area contributed by atoms with Crippen molar-refractivity contribution in [2.24, 2.45) is 0 Å². The van der Waals surface area contributed by atoms with Gasteiger partial charge in [-0.05, 0) is 88.8 Å². The van der Waals surface area contributed by atoms with Gasteiger partial charge < -0.3 is 19.7 Å². The molecular formula is C30H30F2IN3O5S. The van der Waals surface area contributed by atoms with Crippen molar-refractivity contribution in [3.05, 3.63) is 87.5 Å². The Balaban J connectivity index is 1.46. The molecule has 1 heterocycles. The van der Waals surface area contributed by atoms with E-state index in [1.807, 2.05) is 29.2 Å². The van der Waals surface area contributed by atoms with Crippen LogP contribution in [0.5, 0.6) is 5.75 Å². The number of nitriles is 1. The molecule has 1 amide bonds. The number of rotatable bonds is 12. The first-order valence-corrected chi connectivity index (χ1v) is 16.0. The molecule has 0 aromatic heterocycles. The van der Waals surface area contributed by atoms with Gasteiger partial charge in [0.15, 0.2) is 9.84 Å². The number of carbonyl (C=O) groups is 1. The zero-order valence-electron chi connectivity index (χ0n) is 22.8. The highest BCUT2D eigenvalue weighted by atomic mass is 127. The number of benzene rings is 3. The van der Waals surface area contributed by atoms with E-state index >= 15 is 0 Å². The molecule has 0 bridgehead atoms. The number of sulfone groups is 1. The minimum atomic E-state index is -3.37. The van der Waals surface area contributed by atoms with E-state index in [9.17, 15) is 27.3 Å². The Bertz CT molecular complexity index is 1500. The Kier molecular flexibility index (Phi) is 10.7. The number of ether oxygens (including phenoxy) is 2. The van der Waals surface area contributed by atoms with E-state index in [1.165, 1.54) is 12.1 Å². The molecule has 0 spiro atoms. The molecule has 3 aromatic carbocycles. The van der Waals surface area contributed by atoms with E-state index in [2.05, 4.69) is 38.7 Å². The lowest BCUT2D eigenvalue weighted by molar-refractivity contribution is -0.131. The first kappa shape index (κ1) is 31.7. The average Bonchev–Trinajstić information content (AvgIpc) is 3.39. The van der Waals surface area contributed by atoms with Gasteiger partial charge in [0.1, 0.15) is 11.9 Å². The minimum absolute atomic E-state index is 0.00869. The van der Waals surface area contributed by atoms with Crippen LogP contribution >= 0.6 is 22.6 Å². The highest BCUT2D eigenvalue weighted by Crippen LogP contribution is 2.30. The Labute approximate surface area is 257 Å². The Morgan fingerprint density at radius 1 is 1.10 bits per heavy atom. The summed E-state index contributed by atoms with van der Waals surface area (Å²) >= 11 is 2.20. The van der Waals surface area contributed by atoms with Gasteiger partial charge in [0.05, 0.1) is 48.4 Å². The third-order valence-corrected chi connectivity index (χ3v) is 9.46. The molecule has 8 nitrogen and oxygen atoms in total. The van der Waals surface area contributed by atoms with Gasteiger partial charge in [-0.25, -0.2) is 8.42 Å². The third-order valence-electron chi connectivity index (χ3n) is 6.99. The number of alkyl halides is 2. The summed E-state index contributed by atoms with van der Waals surface area (Å²) in [4.78, 5) is 15.2. The second-order valence-corrected chi connectivity index (χ2v) is 13.3. The summed E-state index contributed by atoms with van der Waals surface area (Å²) in [7, 11) is -3.37. The fourth-order valence-electron chi connectivity index (χ4n) is 4.79. The number of amides is 1. The van der Waals surface area contributed by atoms with Crippen LogP contribution in [-0.2, 0) is 14.6 Å². The zero-order valence-corrected chi connectivity index (χ0v) is 25.7. The number of nitrogens with zero attached hydrogens (tertiary/aromatic N) is 2. The summed E-state index contributed by atoms with van der Waals surface area (Å²) in [5.74, 6) is 0.250. The number of nitrogens with one attached hydrogen (secondary N) is 1. The fraction of sp³-hybridized carbons (Fsp3) is 0.333. The van der Waals surface area contributed by atoms with E-state index < -0.39 is 28.4 Å². The van der Waals surface area contributed by atoms with Gasteiger partial charge in [-0.1, -0.05) is 19.1 Å². The van der Waals surface area contributed by atoms with Crippen molar-refractivity contribution in [2.75, 3.05) is 23.8 Å². The molecule has 3 atom stereocenters. The van der Waals surface area contributed by atoms with E-state index in [4.69, 9.17) is 4.74 Å². The molecule has 1 saturated heterocycles. The van der Waals surface area contributed by atoms with E-state index in [1.54, 1.807) is 43.3 Å².